The monoisotopic (exact) mass is 559 g/mol. The van der Waals surface area contributed by atoms with Gasteiger partial charge in [0.05, 0.1) is 18.4 Å². The first-order chi connectivity index (χ1) is 17.9. The number of aromatic nitrogens is 2. The quantitative estimate of drug-likeness (QED) is 0.458. The molecular weight excluding hydrogens is 523 g/mol. The van der Waals surface area contributed by atoms with Crippen LogP contribution >= 0.6 is 0 Å². The van der Waals surface area contributed by atoms with E-state index in [9.17, 15) is 23.1 Å². The Morgan fingerprint density at radius 1 is 1.29 bits per heavy atom. The zero-order valence-electron chi connectivity index (χ0n) is 22.2. The van der Waals surface area contributed by atoms with Gasteiger partial charge in [-0.2, -0.15) is 26.7 Å². The smallest absolute Gasteiger partial charge is 0.389 e. The lowest BCUT2D eigenvalue weighted by Gasteiger charge is -2.34. The molecule has 0 atom stereocenters. The van der Waals surface area contributed by atoms with Crippen LogP contribution in [0.5, 0.6) is 5.75 Å². The van der Waals surface area contributed by atoms with Gasteiger partial charge in [-0.15, -0.1) is 0 Å². The number of hydrogen-bond donors (Lipinski definition) is 2. The maximum absolute atomic E-state index is 13.0. The van der Waals surface area contributed by atoms with E-state index in [1.807, 2.05) is 19.9 Å². The van der Waals surface area contributed by atoms with Gasteiger partial charge in [-0.25, -0.2) is 0 Å². The molecule has 0 unspecified atom stereocenters. The number of halogens is 3. The highest BCUT2D eigenvalue weighted by Crippen LogP contribution is 2.35. The number of ether oxygens (including phenoxy) is 1. The summed E-state index contributed by atoms with van der Waals surface area (Å²) >= 11 is -0.750. The lowest BCUT2D eigenvalue weighted by molar-refractivity contribution is -0.135. The van der Waals surface area contributed by atoms with E-state index in [0.717, 1.165) is 29.7 Å². The number of rotatable bonds is 9. The van der Waals surface area contributed by atoms with Gasteiger partial charge in [0.2, 0.25) is 0 Å². The van der Waals surface area contributed by atoms with Gasteiger partial charge in [-0.3, -0.25) is 9.48 Å². The minimum Gasteiger partial charge on any atom is -0.496 e. The van der Waals surface area contributed by atoms with Crippen LogP contribution in [-0.4, -0.2) is 54.6 Å². The van der Waals surface area contributed by atoms with E-state index in [1.165, 1.54) is 7.11 Å². The normalized spacial score (nSPS) is 19.3. The highest BCUT2D eigenvalue weighted by molar-refractivity contribution is 7.51. The average molecular weight is 560 g/mol. The number of amides is 1. The van der Waals surface area contributed by atoms with E-state index in [4.69, 9.17) is 13.2 Å². The maximum atomic E-state index is 13.0. The summed E-state index contributed by atoms with van der Waals surface area (Å²) in [5.74, 6) is 0.762. The topological polar surface area (TPSA) is 111 Å². The minimum absolute atomic E-state index is 0.00744. The molecule has 1 fully saturated rings. The van der Waals surface area contributed by atoms with Crippen LogP contribution in [0.1, 0.15) is 74.0 Å². The summed E-state index contributed by atoms with van der Waals surface area (Å²) in [6.45, 7) is 6.60. The van der Waals surface area contributed by atoms with E-state index < -0.39 is 29.8 Å². The lowest BCUT2D eigenvalue weighted by atomic mass is 9.79. The Balaban J connectivity index is 0.00000161. The summed E-state index contributed by atoms with van der Waals surface area (Å²) in [5.41, 5.74) is 2.27. The third-order valence-electron chi connectivity index (χ3n) is 6.93. The Bertz CT molecular complexity index is 1120. The largest absolute Gasteiger partial charge is 0.496 e. The number of nitrogens with one attached hydrogen (secondary N) is 1. The van der Waals surface area contributed by atoms with Crippen molar-refractivity contribution in [3.63, 3.8) is 0 Å². The molecule has 38 heavy (non-hydrogen) atoms. The van der Waals surface area contributed by atoms with Crippen LogP contribution in [0.15, 0.2) is 18.2 Å². The zero-order chi connectivity index (χ0) is 28.5. The molecule has 0 saturated heterocycles. The van der Waals surface area contributed by atoms with Crippen LogP contribution < -0.4 is 10.1 Å². The van der Waals surface area contributed by atoms with Gasteiger partial charge in [0, 0.05) is 30.6 Å². The van der Waals surface area contributed by atoms with Crippen LogP contribution in [0.2, 0.25) is 0 Å². The zero-order valence-corrected chi connectivity index (χ0v) is 23.0. The van der Waals surface area contributed by atoms with Crippen molar-refractivity contribution in [3.05, 3.63) is 35.0 Å². The number of benzene rings is 1. The average Bonchev–Trinajstić information content (AvgIpc) is 3.20. The molecule has 1 aromatic carbocycles. The number of aliphatic hydroxyl groups is 1. The van der Waals surface area contributed by atoms with E-state index in [1.54, 1.807) is 16.8 Å². The van der Waals surface area contributed by atoms with Gasteiger partial charge in [-0.05, 0) is 76.0 Å². The first-order valence-corrected chi connectivity index (χ1v) is 13.3. The second kappa shape index (κ2) is 13.9. The summed E-state index contributed by atoms with van der Waals surface area (Å²) in [6, 6.07) is 5.35. The summed E-state index contributed by atoms with van der Waals surface area (Å²) < 4.78 is 61.4. The van der Waals surface area contributed by atoms with Crippen molar-refractivity contribution in [2.24, 2.45) is 5.92 Å². The van der Waals surface area contributed by atoms with Crippen LogP contribution in [0.25, 0.3) is 11.3 Å². The molecule has 8 nitrogen and oxygen atoms in total. The van der Waals surface area contributed by atoms with Crippen molar-refractivity contribution >= 4 is 17.5 Å². The first kappa shape index (κ1) is 31.5. The van der Waals surface area contributed by atoms with Gasteiger partial charge < -0.3 is 15.2 Å². The highest BCUT2D eigenvalue weighted by atomic mass is 32.1. The van der Waals surface area contributed by atoms with E-state index in [0.29, 0.717) is 36.6 Å². The van der Waals surface area contributed by atoms with Gasteiger partial charge in [-0.1, -0.05) is 13.0 Å². The molecule has 0 aliphatic heterocycles. The van der Waals surface area contributed by atoms with Crippen LogP contribution in [0, 0.1) is 12.8 Å². The minimum atomic E-state index is -4.17. The fraction of sp³-hybridized carbons (Fsp3) is 0.615. The van der Waals surface area contributed by atoms with Crippen molar-refractivity contribution in [2.45, 2.75) is 84.0 Å². The summed E-state index contributed by atoms with van der Waals surface area (Å²) in [5, 5.41) is 18.2. The Morgan fingerprint density at radius 2 is 1.92 bits per heavy atom. The maximum Gasteiger partial charge on any atom is 0.389 e. The van der Waals surface area contributed by atoms with Crippen molar-refractivity contribution in [3.8, 4) is 17.0 Å². The molecule has 0 radical (unpaired) electrons. The molecule has 12 heteroatoms. The van der Waals surface area contributed by atoms with Crippen LogP contribution in [0.3, 0.4) is 0 Å². The van der Waals surface area contributed by atoms with Gasteiger partial charge >= 0.3 is 17.7 Å². The molecule has 3 rings (SSSR count). The standard InChI is InChI=1S/C26H36F3N3O3.O2S/c1-5-32-23(20-9-8-19(15-21(20)35-4)7-6-12-26(27,28)29)18(3)22(31-32)24(33)30-16-25(34)13-10-17(2)11-14-25;1-3-2/h8-9,15,17,34H,5-7,10-14,16H2,1-4H3,(H,30,33);. The molecule has 1 aromatic heterocycles. The third-order valence-corrected chi connectivity index (χ3v) is 6.93. The Morgan fingerprint density at radius 3 is 2.47 bits per heavy atom. The molecule has 0 spiro atoms. The Labute approximate surface area is 224 Å². The lowest BCUT2D eigenvalue weighted by Crippen LogP contribution is -2.45. The van der Waals surface area contributed by atoms with Gasteiger partial charge in [0.25, 0.3) is 5.91 Å². The highest BCUT2D eigenvalue weighted by Gasteiger charge is 2.33. The molecule has 1 saturated carbocycles. The predicted molar refractivity (Wildman–Crippen MR) is 137 cm³/mol. The fourth-order valence-corrected chi connectivity index (χ4v) is 4.72. The van der Waals surface area contributed by atoms with Crippen molar-refractivity contribution in [1.29, 1.82) is 0 Å². The molecule has 2 N–H and O–H groups in total. The number of carbonyl (C=O) groups is 1. The molecule has 1 aliphatic rings. The summed E-state index contributed by atoms with van der Waals surface area (Å²) in [4.78, 5) is 13.0. The van der Waals surface area contributed by atoms with Crippen molar-refractivity contribution in [1.82, 2.24) is 15.1 Å². The Hall–Kier alpha value is -2.73. The Kier molecular flexibility index (Phi) is 11.5. The van der Waals surface area contributed by atoms with E-state index in [2.05, 4.69) is 17.3 Å². The van der Waals surface area contributed by atoms with Crippen LogP contribution in [-0.2, 0) is 24.5 Å². The second-order valence-corrected chi connectivity index (χ2v) is 9.94. The molecule has 0 bridgehead atoms. The molecule has 1 heterocycles. The third kappa shape index (κ3) is 8.65. The number of aryl methyl sites for hydroxylation is 2. The second-order valence-electron chi connectivity index (χ2n) is 9.80. The van der Waals surface area contributed by atoms with Crippen LogP contribution in [0.4, 0.5) is 13.2 Å². The molecule has 212 valence electrons. The molecule has 2 aromatic rings. The number of nitrogens with zero attached hydrogens (tertiary/aromatic N) is 2. The van der Waals surface area contributed by atoms with E-state index in [-0.39, 0.29) is 31.0 Å². The van der Waals surface area contributed by atoms with E-state index >= 15 is 0 Å². The van der Waals surface area contributed by atoms with Crippen molar-refractivity contribution in [2.75, 3.05) is 13.7 Å². The molecule has 1 amide bonds. The van der Waals surface area contributed by atoms with Crippen molar-refractivity contribution < 1.29 is 36.2 Å². The number of alkyl halides is 3. The SMILES string of the molecule is CCn1nc(C(=O)NCC2(O)CCC(C)CC2)c(C)c1-c1ccc(CCCC(F)(F)F)cc1OC.O=S=O. The number of hydrogen-bond acceptors (Lipinski definition) is 6. The van der Waals surface area contributed by atoms with Gasteiger partial charge in [0.1, 0.15) is 5.75 Å². The number of methoxy groups -OCH3 is 1. The first-order valence-electron chi connectivity index (χ1n) is 12.6. The fourth-order valence-electron chi connectivity index (χ4n) is 4.72. The van der Waals surface area contributed by atoms with Gasteiger partial charge in [0.15, 0.2) is 5.69 Å². The summed E-state index contributed by atoms with van der Waals surface area (Å²) in [7, 11) is 1.51. The summed E-state index contributed by atoms with van der Waals surface area (Å²) in [6.07, 6.45) is -1.51. The molecule has 1 aliphatic carbocycles. The number of carbonyl (C=O) groups excluding carboxylic acids is 1. The predicted octanol–water partition coefficient (Wildman–Crippen LogP) is 4.77. The molecular formula is C26H36F3N3O5S.